The summed E-state index contributed by atoms with van der Waals surface area (Å²) in [7, 11) is 0. The first-order valence-electron chi connectivity index (χ1n) is 13.6. The average molecular weight is 578 g/mol. The maximum absolute atomic E-state index is 15.3. The molecule has 3 aromatic carbocycles. The summed E-state index contributed by atoms with van der Waals surface area (Å²) in [6.07, 6.45) is 0.598. The molecule has 210 valence electrons. The molecule has 0 spiro atoms. The minimum atomic E-state index is -0.515. The van der Waals surface area contributed by atoms with E-state index in [1.807, 2.05) is 92.7 Å². The van der Waals surface area contributed by atoms with Crippen LogP contribution in [-0.4, -0.2) is 14.7 Å². The summed E-state index contributed by atoms with van der Waals surface area (Å²) in [5, 5.41) is 3.98. The molecule has 8 heteroatoms. The van der Waals surface area contributed by atoms with Crippen LogP contribution in [0.25, 0.3) is 32.5 Å². The standard InChI is InChI=1S/C34H28FN3O3S/c1-22-20-28(41-37-22)29-16-17-30(42-29)31-23(2)36-33(38(34(31)39)19-18-24-10-5-3-6-11-24)26-14-9-15-27(35)32(26)40-21-25-12-7-4-8-13-25/h3-17,20H,18-19,21H2,1-2H3. The molecule has 0 fully saturated rings. The molecule has 42 heavy (non-hydrogen) atoms. The summed E-state index contributed by atoms with van der Waals surface area (Å²) in [6, 6.07) is 29.9. The van der Waals surface area contributed by atoms with Crippen molar-refractivity contribution in [2.24, 2.45) is 0 Å². The molecule has 6 aromatic rings. The van der Waals surface area contributed by atoms with Gasteiger partial charge < -0.3 is 9.26 Å². The van der Waals surface area contributed by atoms with Gasteiger partial charge in [-0.2, -0.15) is 0 Å². The van der Waals surface area contributed by atoms with Crippen molar-refractivity contribution >= 4 is 11.3 Å². The van der Waals surface area contributed by atoms with Crippen molar-refractivity contribution in [2.45, 2.75) is 33.4 Å². The molecule has 3 heterocycles. The molecular formula is C34H28FN3O3S. The Morgan fingerprint density at radius 1 is 0.881 bits per heavy atom. The molecule has 0 N–H and O–H groups in total. The Bertz CT molecular complexity index is 1900. The number of benzene rings is 3. The maximum Gasteiger partial charge on any atom is 0.262 e. The van der Waals surface area contributed by atoms with Crippen LogP contribution in [-0.2, 0) is 19.6 Å². The molecule has 0 atom stereocenters. The Morgan fingerprint density at radius 2 is 1.60 bits per heavy atom. The molecule has 0 aliphatic carbocycles. The molecule has 3 aromatic heterocycles. The van der Waals surface area contributed by atoms with Crippen molar-refractivity contribution in [2.75, 3.05) is 0 Å². The Labute approximate surface area is 246 Å². The number of halogens is 1. The average Bonchev–Trinajstić information content (AvgIpc) is 3.66. The number of hydrogen-bond donors (Lipinski definition) is 0. The lowest BCUT2D eigenvalue weighted by Crippen LogP contribution is -2.27. The molecule has 0 amide bonds. The van der Waals surface area contributed by atoms with E-state index in [-0.39, 0.29) is 17.9 Å². The second-order valence-corrected chi connectivity index (χ2v) is 11.1. The van der Waals surface area contributed by atoms with Gasteiger partial charge in [-0.15, -0.1) is 11.3 Å². The minimum Gasteiger partial charge on any atom is -0.485 e. The molecular weight excluding hydrogens is 549 g/mol. The summed E-state index contributed by atoms with van der Waals surface area (Å²) in [6.45, 7) is 4.21. The van der Waals surface area contributed by atoms with Crippen LogP contribution in [0.4, 0.5) is 4.39 Å². The monoisotopic (exact) mass is 577 g/mol. The van der Waals surface area contributed by atoms with Crippen LogP contribution in [0.15, 0.2) is 106 Å². The quantitative estimate of drug-likeness (QED) is 0.175. The van der Waals surface area contributed by atoms with Crippen molar-refractivity contribution in [3.8, 4) is 38.2 Å². The van der Waals surface area contributed by atoms with Crippen molar-refractivity contribution in [1.82, 2.24) is 14.7 Å². The molecule has 0 unspecified atom stereocenters. The summed E-state index contributed by atoms with van der Waals surface area (Å²) < 4.78 is 28.4. The number of aromatic nitrogens is 3. The van der Waals surface area contributed by atoms with Gasteiger partial charge in [0, 0.05) is 17.5 Å². The van der Waals surface area contributed by atoms with E-state index in [1.54, 1.807) is 16.7 Å². The van der Waals surface area contributed by atoms with Gasteiger partial charge in [0.15, 0.2) is 17.3 Å². The predicted molar refractivity (Wildman–Crippen MR) is 163 cm³/mol. The van der Waals surface area contributed by atoms with E-state index in [4.69, 9.17) is 14.2 Å². The third-order valence-corrected chi connectivity index (χ3v) is 8.09. The minimum absolute atomic E-state index is 0.0629. The summed E-state index contributed by atoms with van der Waals surface area (Å²) in [4.78, 5) is 20.9. The maximum atomic E-state index is 15.3. The van der Waals surface area contributed by atoms with Crippen molar-refractivity contribution in [3.63, 3.8) is 0 Å². The van der Waals surface area contributed by atoms with Crippen LogP contribution in [0, 0.1) is 19.7 Å². The van der Waals surface area contributed by atoms with Gasteiger partial charge in [0.25, 0.3) is 5.56 Å². The highest BCUT2D eigenvalue weighted by Gasteiger charge is 2.23. The topological polar surface area (TPSA) is 70.2 Å². The van der Waals surface area contributed by atoms with Crippen LogP contribution in [0.5, 0.6) is 5.75 Å². The van der Waals surface area contributed by atoms with Crippen molar-refractivity contribution in [3.05, 3.63) is 136 Å². The Balaban J connectivity index is 1.46. The Hall–Kier alpha value is -4.82. The van der Waals surface area contributed by atoms with Gasteiger partial charge in [-0.05, 0) is 55.7 Å². The van der Waals surface area contributed by atoms with Gasteiger partial charge in [-0.1, -0.05) is 71.9 Å². The first-order valence-corrected chi connectivity index (χ1v) is 14.4. The lowest BCUT2D eigenvalue weighted by molar-refractivity contribution is 0.291. The highest BCUT2D eigenvalue weighted by molar-refractivity contribution is 7.18. The number of hydrogen-bond acceptors (Lipinski definition) is 6. The largest absolute Gasteiger partial charge is 0.485 e. The summed E-state index contributed by atoms with van der Waals surface area (Å²) in [5.41, 5.74) is 4.04. The SMILES string of the molecule is Cc1cc(-c2ccc(-c3c(C)nc(-c4cccc(F)c4OCc4ccccc4)n(CCc4ccccc4)c3=O)s2)on1. The van der Waals surface area contributed by atoms with Crippen molar-refractivity contribution < 1.29 is 13.7 Å². The zero-order chi connectivity index (χ0) is 29.1. The number of thiophene rings is 1. The molecule has 0 bridgehead atoms. The zero-order valence-corrected chi connectivity index (χ0v) is 24.0. The first-order chi connectivity index (χ1) is 20.5. The van der Waals surface area contributed by atoms with Gasteiger partial charge in [0.2, 0.25) is 0 Å². The fourth-order valence-electron chi connectivity index (χ4n) is 4.89. The third kappa shape index (κ3) is 5.66. The highest BCUT2D eigenvalue weighted by Crippen LogP contribution is 2.36. The summed E-state index contributed by atoms with van der Waals surface area (Å²) in [5.74, 6) is 0.560. The van der Waals surface area contributed by atoms with E-state index in [1.165, 1.54) is 17.4 Å². The zero-order valence-electron chi connectivity index (χ0n) is 23.2. The number of nitrogens with zero attached hydrogens (tertiary/aromatic N) is 3. The van der Waals surface area contributed by atoms with Gasteiger partial charge >= 0.3 is 0 Å². The Morgan fingerprint density at radius 3 is 2.31 bits per heavy atom. The molecule has 0 radical (unpaired) electrons. The van der Waals surface area contributed by atoms with Gasteiger partial charge in [0.05, 0.1) is 27.4 Å². The van der Waals surface area contributed by atoms with Gasteiger partial charge in [-0.3, -0.25) is 9.36 Å². The number of ether oxygens (including phenoxy) is 1. The molecule has 6 rings (SSSR count). The summed E-state index contributed by atoms with van der Waals surface area (Å²) >= 11 is 1.45. The van der Waals surface area contributed by atoms with Gasteiger partial charge in [0.1, 0.15) is 12.4 Å². The van der Waals surface area contributed by atoms with Gasteiger partial charge in [-0.25, -0.2) is 9.37 Å². The van der Waals surface area contributed by atoms with E-state index < -0.39 is 5.82 Å². The smallest absolute Gasteiger partial charge is 0.262 e. The molecule has 0 saturated carbocycles. The van der Waals surface area contributed by atoms with E-state index in [0.29, 0.717) is 41.4 Å². The van der Waals surface area contributed by atoms with E-state index >= 15 is 4.39 Å². The third-order valence-electron chi connectivity index (χ3n) is 6.97. The fraction of sp³-hybridized carbons (Fsp3) is 0.147. The van der Waals surface area contributed by atoms with Crippen LogP contribution in [0.2, 0.25) is 0 Å². The normalized spacial score (nSPS) is 11.1. The first kappa shape index (κ1) is 27.4. The molecule has 0 aliphatic rings. The van der Waals surface area contributed by atoms with E-state index in [9.17, 15) is 4.79 Å². The lowest BCUT2D eigenvalue weighted by atomic mass is 10.1. The lowest BCUT2D eigenvalue weighted by Gasteiger charge is -2.18. The van der Waals surface area contributed by atoms with Crippen LogP contribution in [0.3, 0.4) is 0 Å². The van der Waals surface area contributed by atoms with E-state index in [2.05, 4.69) is 5.16 Å². The van der Waals surface area contributed by atoms with E-state index in [0.717, 1.165) is 26.6 Å². The number of para-hydroxylation sites is 1. The van der Waals surface area contributed by atoms with Crippen LogP contribution < -0.4 is 10.3 Å². The fourth-order valence-corrected chi connectivity index (χ4v) is 5.93. The predicted octanol–water partition coefficient (Wildman–Crippen LogP) is 7.87. The Kier molecular flexibility index (Phi) is 7.79. The number of aryl methyl sites for hydroxylation is 3. The molecule has 0 saturated heterocycles. The number of rotatable bonds is 9. The second kappa shape index (κ2) is 12.0. The highest BCUT2D eigenvalue weighted by atomic mass is 32.1. The van der Waals surface area contributed by atoms with Crippen LogP contribution in [0.1, 0.15) is 22.5 Å². The molecule has 6 nitrogen and oxygen atoms in total. The second-order valence-electron chi connectivity index (χ2n) is 9.98. The van der Waals surface area contributed by atoms with Crippen LogP contribution >= 0.6 is 11.3 Å². The molecule has 0 aliphatic heterocycles. The van der Waals surface area contributed by atoms with Crippen molar-refractivity contribution in [1.29, 1.82) is 0 Å².